The van der Waals surface area contributed by atoms with Gasteiger partial charge in [0.2, 0.25) is 5.88 Å². The smallest absolute Gasteiger partial charge is 0.412 e. The first-order valence-electron chi connectivity index (χ1n) is 13.8. The van der Waals surface area contributed by atoms with Gasteiger partial charge in [0.1, 0.15) is 23.7 Å². The average Bonchev–Trinajstić information content (AvgIpc) is 3.32. The fourth-order valence-corrected chi connectivity index (χ4v) is 5.29. The Morgan fingerprint density at radius 3 is 2.56 bits per heavy atom. The van der Waals surface area contributed by atoms with Gasteiger partial charge in [-0.25, -0.2) is 28.7 Å². The van der Waals surface area contributed by atoms with Gasteiger partial charge in [-0.1, -0.05) is 0 Å². The zero-order valence-corrected chi connectivity index (χ0v) is 24.2. The van der Waals surface area contributed by atoms with Crippen LogP contribution in [0, 0.1) is 12.7 Å². The van der Waals surface area contributed by atoms with Gasteiger partial charge in [0, 0.05) is 28.9 Å². The van der Waals surface area contributed by atoms with Crippen LogP contribution in [-0.4, -0.2) is 69.3 Å². The number of anilines is 3. The Morgan fingerprint density at radius 2 is 1.88 bits per heavy atom. The van der Waals surface area contributed by atoms with Crippen LogP contribution in [0.25, 0.3) is 21.9 Å². The Kier molecular flexibility index (Phi) is 7.97. The minimum absolute atomic E-state index is 0.0120. The van der Waals surface area contributed by atoms with E-state index in [4.69, 9.17) is 9.47 Å². The molecule has 228 valence electrons. The number of rotatable bonds is 4. The second-order valence-electron chi connectivity index (χ2n) is 11.5. The number of carboxylic acid groups (broad SMARTS) is 1. The van der Waals surface area contributed by atoms with Crippen molar-refractivity contribution in [2.45, 2.75) is 64.7 Å². The molecule has 1 saturated carbocycles. The third-order valence-electron chi connectivity index (χ3n) is 7.24. The Labute approximate surface area is 246 Å². The van der Waals surface area contributed by atoms with E-state index >= 15 is 4.39 Å². The van der Waals surface area contributed by atoms with Gasteiger partial charge >= 0.3 is 18.2 Å². The largest absolute Gasteiger partial charge is 0.474 e. The van der Waals surface area contributed by atoms with E-state index in [1.807, 2.05) is 0 Å². The number of hydrogen-bond donors (Lipinski definition) is 5. The van der Waals surface area contributed by atoms with Gasteiger partial charge in [0.15, 0.2) is 5.82 Å². The molecule has 5 rings (SSSR count). The minimum atomic E-state index is -1.21. The van der Waals surface area contributed by atoms with Crippen molar-refractivity contribution in [2.24, 2.45) is 0 Å². The molecular formula is C29H33FN6O7. The minimum Gasteiger partial charge on any atom is -0.474 e. The lowest BCUT2D eigenvalue weighted by Gasteiger charge is -2.29. The molecular weight excluding hydrogens is 563 g/mol. The summed E-state index contributed by atoms with van der Waals surface area (Å²) in [6.45, 7) is 6.84. The molecule has 14 heteroatoms. The van der Waals surface area contributed by atoms with E-state index in [1.165, 1.54) is 24.5 Å². The maximum absolute atomic E-state index is 16.3. The lowest BCUT2D eigenvalue weighted by atomic mass is 9.96. The van der Waals surface area contributed by atoms with Crippen LogP contribution < -0.4 is 25.6 Å². The van der Waals surface area contributed by atoms with E-state index in [-0.39, 0.29) is 58.8 Å². The van der Waals surface area contributed by atoms with Crippen molar-refractivity contribution in [1.82, 2.24) is 15.3 Å². The first-order valence-corrected chi connectivity index (χ1v) is 13.8. The SMILES string of the molecule is Cc1c(-c2cc3cc(NC(=O)N[C@H]4CCC[C@H]4O)ncc3c(NC(=O)OC(C)(C)C)c2F)cnc2c1N(C(=O)O)CCO2. The molecule has 0 saturated heterocycles. The quantitative estimate of drug-likeness (QED) is 0.277. The van der Waals surface area contributed by atoms with Gasteiger partial charge in [-0.15, -0.1) is 0 Å². The first kappa shape index (κ1) is 29.8. The number of pyridine rings is 2. The van der Waals surface area contributed by atoms with Gasteiger partial charge in [-0.05, 0) is 70.0 Å². The van der Waals surface area contributed by atoms with Gasteiger partial charge in [-0.3, -0.25) is 15.5 Å². The highest BCUT2D eigenvalue weighted by Crippen LogP contribution is 2.42. The number of benzene rings is 1. The fourth-order valence-electron chi connectivity index (χ4n) is 5.29. The van der Waals surface area contributed by atoms with Crippen LogP contribution in [0.2, 0.25) is 0 Å². The number of hydrogen-bond acceptors (Lipinski definition) is 8. The molecule has 0 unspecified atom stereocenters. The van der Waals surface area contributed by atoms with Gasteiger partial charge in [0.25, 0.3) is 0 Å². The Hall–Kier alpha value is -4.72. The molecule has 2 aromatic heterocycles. The van der Waals surface area contributed by atoms with Crippen LogP contribution in [0.15, 0.2) is 24.5 Å². The van der Waals surface area contributed by atoms with Crippen molar-refractivity contribution in [3.05, 3.63) is 35.9 Å². The molecule has 3 aromatic rings. The number of ether oxygens (including phenoxy) is 2. The molecule has 2 aliphatic rings. The molecule has 0 radical (unpaired) electrons. The Balaban J connectivity index is 1.59. The standard InChI is InChI=1S/C29H33FN6O7/c1-14-17(12-32-25-24(14)36(28(40)41)8-9-42-25)16-10-15-11-21(34-26(38)33-19-6-5-7-20(19)37)31-13-18(15)23(22(16)30)35-27(39)43-29(2,3)4/h10-13,19-20,37H,5-9H2,1-4H3,(H,35,39)(H,40,41)(H2,31,33,34,38)/t19-,20+/m0/s1. The molecule has 0 spiro atoms. The maximum atomic E-state index is 16.3. The van der Waals surface area contributed by atoms with E-state index in [0.717, 1.165) is 11.3 Å². The summed E-state index contributed by atoms with van der Waals surface area (Å²) in [6, 6.07) is 2.08. The molecule has 43 heavy (non-hydrogen) atoms. The summed E-state index contributed by atoms with van der Waals surface area (Å²) in [5.74, 6) is -0.571. The molecule has 4 amide bonds. The molecule has 5 N–H and O–H groups in total. The third-order valence-corrected chi connectivity index (χ3v) is 7.24. The highest BCUT2D eigenvalue weighted by atomic mass is 19.1. The van der Waals surface area contributed by atoms with E-state index in [9.17, 15) is 24.6 Å². The molecule has 3 heterocycles. The summed E-state index contributed by atoms with van der Waals surface area (Å²) < 4.78 is 27.2. The maximum Gasteiger partial charge on any atom is 0.412 e. The number of urea groups is 1. The molecule has 0 bridgehead atoms. The number of aliphatic hydroxyl groups is 1. The highest BCUT2D eigenvalue weighted by molar-refractivity contribution is 6.05. The lowest BCUT2D eigenvalue weighted by Crippen LogP contribution is -2.42. The molecule has 1 fully saturated rings. The number of carbonyl (C=O) groups is 3. The van der Waals surface area contributed by atoms with Crippen LogP contribution >= 0.6 is 0 Å². The molecule has 13 nitrogen and oxygen atoms in total. The number of nitrogens with zero attached hydrogens (tertiary/aromatic N) is 3. The molecule has 2 atom stereocenters. The average molecular weight is 597 g/mol. The number of carbonyl (C=O) groups excluding carboxylic acids is 2. The van der Waals surface area contributed by atoms with Gasteiger partial charge < -0.3 is 25.0 Å². The lowest BCUT2D eigenvalue weighted by molar-refractivity contribution is 0.0635. The van der Waals surface area contributed by atoms with E-state index < -0.39 is 35.7 Å². The summed E-state index contributed by atoms with van der Waals surface area (Å²) in [5, 5.41) is 28.3. The first-order chi connectivity index (χ1) is 20.3. The van der Waals surface area contributed by atoms with Gasteiger partial charge in [-0.2, -0.15) is 0 Å². The van der Waals surface area contributed by atoms with Crippen LogP contribution in [-0.2, 0) is 4.74 Å². The second kappa shape index (κ2) is 11.5. The number of aliphatic hydroxyl groups excluding tert-OH is 1. The summed E-state index contributed by atoms with van der Waals surface area (Å²) in [7, 11) is 0. The van der Waals surface area contributed by atoms with Crippen molar-refractivity contribution in [1.29, 1.82) is 0 Å². The van der Waals surface area contributed by atoms with E-state index in [1.54, 1.807) is 27.7 Å². The summed E-state index contributed by atoms with van der Waals surface area (Å²) in [6.07, 6.45) is 2.02. The second-order valence-corrected chi connectivity index (χ2v) is 11.5. The molecule has 1 aromatic carbocycles. The number of nitrogens with one attached hydrogen (secondary N) is 3. The van der Waals surface area contributed by atoms with Crippen molar-refractivity contribution in [2.75, 3.05) is 28.7 Å². The van der Waals surface area contributed by atoms with Crippen LogP contribution in [0.5, 0.6) is 5.88 Å². The highest BCUT2D eigenvalue weighted by Gasteiger charge is 2.30. The zero-order chi connectivity index (χ0) is 31.1. The predicted octanol–water partition coefficient (Wildman–Crippen LogP) is 5.00. The number of amides is 4. The monoisotopic (exact) mass is 596 g/mol. The molecule has 1 aliphatic heterocycles. The predicted molar refractivity (Wildman–Crippen MR) is 156 cm³/mol. The van der Waals surface area contributed by atoms with E-state index in [2.05, 4.69) is 25.9 Å². The summed E-state index contributed by atoms with van der Waals surface area (Å²) >= 11 is 0. The Morgan fingerprint density at radius 1 is 1.12 bits per heavy atom. The van der Waals surface area contributed by atoms with Crippen molar-refractivity contribution in [3.8, 4) is 17.0 Å². The summed E-state index contributed by atoms with van der Waals surface area (Å²) in [5.41, 5.74) is -0.207. The zero-order valence-electron chi connectivity index (χ0n) is 24.2. The fraction of sp³-hybridized carbons (Fsp3) is 0.414. The van der Waals surface area contributed by atoms with Crippen molar-refractivity contribution >= 4 is 46.2 Å². The van der Waals surface area contributed by atoms with Gasteiger partial charge in [0.05, 0.1) is 24.4 Å². The van der Waals surface area contributed by atoms with Crippen molar-refractivity contribution < 1.29 is 38.5 Å². The summed E-state index contributed by atoms with van der Waals surface area (Å²) in [4.78, 5) is 46.9. The topological polar surface area (TPSA) is 175 Å². The number of halogens is 1. The normalized spacial score (nSPS) is 18.0. The number of aromatic nitrogens is 2. The number of fused-ring (bicyclic) bond motifs is 2. The van der Waals surface area contributed by atoms with Crippen molar-refractivity contribution in [3.63, 3.8) is 0 Å². The Bertz CT molecular complexity index is 1610. The van der Waals surface area contributed by atoms with Crippen LogP contribution in [0.4, 0.5) is 36.0 Å². The van der Waals surface area contributed by atoms with Crippen LogP contribution in [0.1, 0.15) is 45.6 Å². The molecule has 1 aliphatic carbocycles. The third kappa shape index (κ3) is 6.23. The van der Waals surface area contributed by atoms with E-state index in [0.29, 0.717) is 23.8 Å². The van der Waals surface area contributed by atoms with Crippen LogP contribution in [0.3, 0.4) is 0 Å².